The van der Waals surface area contributed by atoms with Crippen LogP contribution in [0, 0.1) is 5.82 Å². The molecule has 0 aliphatic rings. The van der Waals surface area contributed by atoms with Crippen molar-refractivity contribution in [3.8, 4) is 11.5 Å². The fourth-order valence-electron chi connectivity index (χ4n) is 1.74. The molecule has 0 aliphatic heterocycles. The molecule has 20 heavy (non-hydrogen) atoms. The second kappa shape index (κ2) is 6.00. The molecule has 0 spiro atoms. The van der Waals surface area contributed by atoms with Gasteiger partial charge in [-0.2, -0.15) is 0 Å². The Hall–Kier alpha value is -1.95. The van der Waals surface area contributed by atoms with Gasteiger partial charge >= 0.3 is 0 Å². The molecule has 0 radical (unpaired) electrons. The normalized spacial score (nSPS) is 10.2. The number of halogens is 2. The number of ether oxygens (including phenoxy) is 2. The summed E-state index contributed by atoms with van der Waals surface area (Å²) in [6.45, 7) is 0. The molecule has 0 aromatic heterocycles. The summed E-state index contributed by atoms with van der Waals surface area (Å²) >= 11 is 3.38. The molecule has 2 rings (SSSR count). The van der Waals surface area contributed by atoms with Crippen LogP contribution in [0.2, 0.25) is 0 Å². The third-order valence-corrected chi connectivity index (χ3v) is 3.37. The Balaban J connectivity index is 2.32. The SMILES string of the molecule is COc1cc(Nc2ccc(OC)c(Br)c2)c(F)cc1N. The Labute approximate surface area is 124 Å². The highest BCUT2D eigenvalue weighted by Crippen LogP contribution is 2.33. The van der Waals surface area contributed by atoms with Crippen molar-refractivity contribution in [2.24, 2.45) is 0 Å². The Kier molecular flexibility index (Phi) is 4.34. The van der Waals surface area contributed by atoms with Gasteiger partial charge in [0.15, 0.2) is 0 Å². The van der Waals surface area contributed by atoms with Crippen molar-refractivity contribution in [1.29, 1.82) is 0 Å². The average molecular weight is 341 g/mol. The first-order chi connectivity index (χ1) is 9.55. The standard InChI is InChI=1S/C14H14BrFN2O2/c1-19-13-4-3-8(5-9(13)15)18-12-7-14(20-2)11(17)6-10(12)16/h3-7,18H,17H2,1-2H3. The second-order valence-electron chi connectivity index (χ2n) is 4.05. The van der Waals surface area contributed by atoms with Crippen molar-refractivity contribution in [2.75, 3.05) is 25.3 Å². The van der Waals surface area contributed by atoms with Crippen LogP contribution in [0.3, 0.4) is 0 Å². The minimum absolute atomic E-state index is 0.256. The summed E-state index contributed by atoms with van der Waals surface area (Å²) in [6, 6.07) is 8.09. The smallest absolute Gasteiger partial charge is 0.148 e. The van der Waals surface area contributed by atoms with Crippen LogP contribution in [0.1, 0.15) is 0 Å². The lowest BCUT2D eigenvalue weighted by Crippen LogP contribution is -1.99. The fraction of sp³-hybridized carbons (Fsp3) is 0.143. The topological polar surface area (TPSA) is 56.5 Å². The summed E-state index contributed by atoms with van der Waals surface area (Å²) < 4.78 is 24.9. The molecule has 0 fully saturated rings. The summed E-state index contributed by atoms with van der Waals surface area (Å²) in [5.41, 5.74) is 6.89. The number of hydrogen-bond acceptors (Lipinski definition) is 4. The van der Waals surface area contributed by atoms with E-state index in [1.54, 1.807) is 25.3 Å². The van der Waals surface area contributed by atoms with Crippen LogP contribution in [-0.2, 0) is 0 Å². The zero-order valence-corrected chi connectivity index (χ0v) is 12.6. The monoisotopic (exact) mass is 340 g/mol. The zero-order valence-electron chi connectivity index (χ0n) is 11.0. The minimum atomic E-state index is -0.449. The van der Waals surface area contributed by atoms with Gasteiger partial charge in [0.2, 0.25) is 0 Å². The summed E-state index contributed by atoms with van der Waals surface area (Å²) in [5, 5.41) is 2.97. The van der Waals surface area contributed by atoms with Gasteiger partial charge in [0, 0.05) is 17.8 Å². The number of nitrogen functional groups attached to an aromatic ring is 1. The van der Waals surface area contributed by atoms with E-state index < -0.39 is 5.82 Å². The van der Waals surface area contributed by atoms with Crippen molar-refractivity contribution in [3.63, 3.8) is 0 Å². The maximum atomic E-state index is 13.9. The number of benzene rings is 2. The fourth-order valence-corrected chi connectivity index (χ4v) is 2.28. The van der Waals surface area contributed by atoms with Crippen LogP contribution in [0.25, 0.3) is 0 Å². The predicted molar refractivity (Wildman–Crippen MR) is 81.3 cm³/mol. The van der Waals surface area contributed by atoms with E-state index in [0.717, 1.165) is 4.47 Å². The van der Waals surface area contributed by atoms with Gasteiger partial charge in [0.25, 0.3) is 0 Å². The van der Waals surface area contributed by atoms with Gasteiger partial charge in [-0.15, -0.1) is 0 Å². The molecule has 0 aliphatic carbocycles. The Morgan fingerprint density at radius 3 is 2.40 bits per heavy atom. The molecule has 0 saturated carbocycles. The van der Waals surface area contributed by atoms with E-state index in [9.17, 15) is 4.39 Å². The lowest BCUT2D eigenvalue weighted by atomic mass is 10.2. The molecule has 106 valence electrons. The molecule has 0 amide bonds. The van der Waals surface area contributed by atoms with E-state index in [2.05, 4.69) is 21.2 Å². The molecule has 0 atom stereocenters. The van der Waals surface area contributed by atoms with Crippen molar-refractivity contribution >= 4 is 33.0 Å². The van der Waals surface area contributed by atoms with Crippen LogP contribution >= 0.6 is 15.9 Å². The highest BCUT2D eigenvalue weighted by molar-refractivity contribution is 9.10. The lowest BCUT2D eigenvalue weighted by molar-refractivity contribution is 0.412. The Bertz CT molecular complexity index is 635. The van der Waals surface area contributed by atoms with Gasteiger partial charge in [0.1, 0.15) is 17.3 Å². The van der Waals surface area contributed by atoms with E-state index in [4.69, 9.17) is 15.2 Å². The highest BCUT2D eigenvalue weighted by atomic mass is 79.9. The molecule has 0 bridgehead atoms. The quantitative estimate of drug-likeness (QED) is 0.828. The largest absolute Gasteiger partial charge is 0.496 e. The average Bonchev–Trinajstić information content (AvgIpc) is 2.42. The Morgan fingerprint density at radius 1 is 1.10 bits per heavy atom. The van der Waals surface area contributed by atoms with Crippen LogP contribution < -0.4 is 20.5 Å². The molecule has 3 N–H and O–H groups in total. The number of anilines is 3. The third kappa shape index (κ3) is 2.96. The van der Waals surface area contributed by atoms with Gasteiger partial charge in [0.05, 0.1) is 30.1 Å². The summed E-state index contributed by atoms with van der Waals surface area (Å²) in [6.07, 6.45) is 0. The van der Waals surface area contributed by atoms with Crippen LogP contribution in [0.15, 0.2) is 34.8 Å². The zero-order chi connectivity index (χ0) is 14.7. The van der Waals surface area contributed by atoms with Crippen LogP contribution in [0.4, 0.5) is 21.5 Å². The lowest BCUT2D eigenvalue weighted by Gasteiger charge is -2.12. The predicted octanol–water partition coefficient (Wildman–Crippen LogP) is 3.93. The Morgan fingerprint density at radius 2 is 1.80 bits per heavy atom. The van der Waals surface area contributed by atoms with Gasteiger partial charge in [-0.1, -0.05) is 0 Å². The number of hydrogen-bond donors (Lipinski definition) is 2. The maximum Gasteiger partial charge on any atom is 0.148 e. The molecule has 0 heterocycles. The molecular formula is C14H14BrFN2O2. The summed E-state index contributed by atoms with van der Waals surface area (Å²) in [5.74, 6) is 0.669. The van der Waals surface area contributed by atoms with E-state index in [1.807, 2.05) is 0 Å². The molecule has 2 aromatic carbocycles. The van der Waals surface area contributed by atoms with E-state index in [0.29, 0.717) is 17.2 Å². The minimum Gasteiger partial charge on any atom is -0.496 e. The van der Waals surface area contributed by atoms with Crippen molar-refractivity contribution in [2.45, 2.75) is 0 Å². The van der Waals surface area contributed by atoms with Crippen molar-refractivity contribution in [3.05, 3.63) is 40.6 Å². The van der Waals surface area contributed by atoms with Crippen molar-refractivity contribution in [1.82, 2.24) is 0 Å². The molecule has 0 unspecified atom stereocenters. The van der Waals surface area contributed by atoms with E-state index in [-0.39, 0.29) is 11.4 Å². The summed E-state index contributed by atoms with van der Waals surface area (Å²) in [4.78, 5) is 0. The highest BCUT2D eigenvalue weighted by Gasteiger charge is 2.09. The van der Waals surface area contributed by atoms with Crippen LogP contribution in [-0.4, -0.2) is 14.2 Å². The maximum absolute atomic E-state index is 13.9. The molecule has 6 heteroatoms. The number of methoxy groups -OCH3 is 2. The van der Waals surface area contributed by atoms with E-state index >= 15 is 0 Å². The number of rotatable bonds is 4. The van der Waals surface area contributed by atoms with E-state index in [1.165, 1.54) is 19.2 Å². The second-order valence-corrected chi connectivity index (χ2v) is 4.90. The molecule has 0 saturated heterocycles. The van der Waals surface area contributed by atoms with Gasteiger partial charge in [-0.3, -0.25) is 0 Å². The van der Waals surface area contributed by atoms with Gasteiger partial charge < -0.3 is 20.5 Å². The first-order valence-corrected chi connectivity index (χ1v) is 6.58. The molecule has 4 nitrogen and oxygen atoms in total. The molecular weight excluding hydrogens is 327 g/mol. The van der Waals surface area contributed by atoms with Gasteiger partial charge in [-0.05, 0) is 34.1 Å². The molecule has 2 aromatic rings. The number of nitrogens with two attached hydrogens (primary N) is 1. The van der Waals surface area contributed by atoms with Crippen LogP contribution in [0.5, 0.6) is 11.5 Å². The first kappa shape index (κ1) is 14.5. The number of nitrogens with one attached hydrogen (secondary N) is 1. The van der Waals surface area contributed by atoms with Gasteiger partial charge in [-0.25, -0.2) is 4.39 Å². The van der Waals surface area contributed by atoms with Crippen molar-refractivity contribution < 1.29 is 13.9 Å². The third-order valence-electron chi connectivity index (χ3n) is 2.75. The first-order valence-electron chi connectivity index (χ1n) is 5.78. The summed E-state index contributed by atoms with van der Waals surface area (Å²) in [7, 11) is 3.06.